The molecule has 0 saturated heterocycles. The molecule has 0 saturated carbocycles. The highest BCUT2D eigenvalue weighted by atomic mass is 32.2. The summed E-state index contributed by atoms with van der Waals surface area (Å²) in [5.74, 6) is 1.01. The second kappa shape index (κ2) is 11.3. The van der Waals surface area contributed by atoms with Crippen molar-refractivity contribution in [1.29, 1.82) is 0 Å². The number of aromatic nitrogens is 1. The van der Waals surface area contributed by atoms with Crippen molar-refractivity contribution in [3.05, 3.63) is 89.3 Å². The summed E-state index contributed by atoms with van der Waals surface area (Å²) in [4.78, 5) is 19.9. The molecular formula is C28H28N2OS2. The molecule has 0 spiro atoms. The molecule has 168 valence electrons. The summed E-state index contributed by atoms with van der Waals surface area (Å²) in [6.07, 6.45) is 2.33. The van der Waals surface area contributed by atoms with Gasteiger partial charge in [0.1, 0.15) is 0 Å². The number of carbonyl (C=O) groups is 1. The molecule has 3 aromatic carbocycles. The lowest BCUT2D eigenvalue weighted by atomic mass is 10.0. The Labute approximate surface area is 204 Å². The lowest BCUT2D eigenvalue weighted by Crippen LogP contribution is -2.14. The van der Waals surface area contributed by atoms with Crippen LogP contribution in [0.15, 0.2) is 83.8 Å². The lowest BCUT2D eigenvalue weighted by Gasteiger charge is -2.05. The van der Waals surface area contributed by atoms with E-state index in [4.69, 9.17) is 4.98 Å². The van der Waals surface area contributed by atoms with Crippen molar-refractivity contribution in [3.8, 4) is 22.4 Å². The van der Waals surface area contributed by atoms with Crippen molar-refractivity contribution in [3.63, 3.8) is 0 Å². The van der Waals surface area contributed by atoms with E-state index in [1.807, 2.05) is 18.2 Å². The first-order valence-corrected chi connectivity index (χ1v) is 13.1. The highest BCUT2D eigenvalue weighted by molar-refractivity contribution is 7.99. The van der Waals surface area contributed by atoms with Crippen LogP contribution < -0.4 is 5.32 Å². The van der Waals surface area contributed by atoms with Gasteiger partial charge in [0.25, 0.3) is 0 Å². The molecule has 1 heterocycles. The van der Waals surface area contributed by atoms with E-state index in [2.05, 4.69) is 79.8 Å². The predicted octanol–water partition coefficient (Wildman–Crippen LogP) is 7.72. The van der Waals surface area contributed by atoms with Crippen molar-refractivity contribution in [1.82, 2.24) is 4.98 Å². The van der Waals surface area contributed by atoms with Crippen LogP contribution in [0.4, 0.5) is 5.13 Å². The number of thioether (sulfide) groups is 1. The van der Waals surface area contributed by atoms with Gasteiger partial charge >= 0.3 is 0 Å². The number of amides is 1. The first-order valence-electron chi connectivity index (χ1n) is 11.3. The zero-order valence-electron chi connectivity index (χ0n) is 19.0. The van der Waals surface area contributed by atoms with Gasteiger partial charge in [-0.25, -0.2) is 4.98 Å². The van der Waals surface area contributed by atoms with Gasteiger partial charge in [0, 0.05) is 15.3 Å². The highest BCUT2D eigenvalue weighted by Crippen LogP contribution is 2.33. The van der Waals surface area contributed by atoms with E-state index in [-0.39, 0.29) is 5.91 Å². The molecule has 0 bridgehead atoms. The molecular weight excluding hydrogens is 444 g/mol. The average molecular weight is 473 g/mol. The molecule has 4 aromatic rings. The van der Waals surface area contributed by atoms with Gasteiger partial charge in [0.2, 0.25) is 5.91 Å². The van der Waals surface area contributed by atoms with Crippen LogP contribution in [0.2, 0.25) is 0 Å². The molecule has 0 unspecified atom stereocenters. The number of anilines is 1. The quantitative estimate of drug-likeness (QED) is 0.254. The van der Waals surface area contributed by atoms with Gasteiger partial charge in [-0.2, -0.15) is 0 Å². The van der Waals surface area contributed by atoms with Gasteiger partial charge in [-0.15, -0.1) is 23.1 Å². The Kier molecular flexibility index (Phi) is 7.97. The third kappa shape index (κ3) is 6.12. The van der Waals surface area contributed by atoms with Crippen molar-refractivity contribution in [2.45, 2.75) is 38.0 Å². The minimum Gasteiger partial charge on any atom is -0.302 e. The summed E-state index contributed by atoms with van der Waals surface area (Å²) in [6, 6.07) is 27.1. The SMILES string of the molecule is CCCc1sc(NC(=O)Cc2ccc(SCC)cc2)nc1-c1ccc(-c2ccccc2)cc1. The molecule has 0 fully saturated rings. The van der Waals surface area contributed by atoms with Crippen LogP contribution in [-0.4, -0.2) is 16.6 Å². The maximum absolute atomic E-state index is 12.7. The van der Waals surface area contributed by atoms with E-state index in [1.165, 1.54) is 20.9 Å². The zero-order valence-corrected chi connectivity index (χ0v) is 20.6. The Morgan fingerprint density at radius 2 is 1.55 bits per heavy atom. The smallest absolute Gasteiger partial charge is 0.230 e. The number of aryl methyl sites for hydroxylation is 1. The third-order valence-corrected chi connectivity index (χ3v) is 7.21. The van der Waals surface area contributed by atoms with Crippen molar-refractivity contribution in [2.24, 2.45) is 0 Å². The first-order chi connectivity index (χ1) is 16.2. The molecule has 0 aliphatic rings. The topological polar surface area (TPSA) is 42.0 Å². The number of hydrogen-bond acceptors (Lipinski definition) is 4. The molecule has 5 heteroatoms. The Hall–Kier alpha value is -2.89. The van der Waals surface area contributed by atoms with E-state index < -0.39 is 0 Å². The summed E-state index contributed by atoms with van der Waals surface area (Å²) < 4.78 is 0. The second-order valence-corrected chi connectivity index (χ2v) is 10.2. The molecule has 3 nitrogen and oxygen atoms in total. The summed E-state index contributed by atoms with van der Waals surface area (Å²) in [5, 5.41) is 3.69. The van der Waals surface area contributed by atoms with Crippen LogP contribution in [0.5, 0.6) is 0 Å². The van der Waals surface area contributed by atoms with E-state index in [1.54, 1.807) is 23.1 Å². The molecule has 0 aliphatic carbocycles. The average Bonchev–Trinajstić information content (AvgIpc) is 3.23. The van der Waals surface area contributed by atoms with Gasteiger partial charge in [-0.05, 0) is 41.0 Å². The fourth-order valence-electron chi connectivity index (χ4n) is 3.70. The molecule has 1 aromatic heterocycles. The fourth-order valence-corrected chi connectivity index (χ4v) is 5.46. The molecule has 33 heavy (non-hydrogen) atoms. The number of nitrogens with one attached hydrogen (secondary N) is 1. The van der Waals surface area contributed by atoms with Gasteiger partial charge in [-0.1, -0.05) is 87.0 Å². The Bertz CT molecular complexity index is 1180. The van der Waals surface area contributed by atoms with E-state index in [0.29, 0.717) is 11.6 Å². The minimum atomic E-state index is -0.0336. The lowest BCUT2D eigenvalue weighted by molar-refractivity contribution is -0.115. The number of carbonyl (C=O) groups excluding carboxylic acids is 1. The Morgan fingerprint density at radius 1 is 0.879 bits per heavy atom. The largest absolute Gasteiger partial charge is 0.302 e. The standard InChI is InChI=1S/C28H28N2OS2/c1-3-8-25-27(23-15-13-22(14-16-23)21-9-6-5-7-10-21)30-28(33-25)29-26(31)19-20-11-17-24(18-12-20)32-4-2/h5-7,9-18H,3-4,8,19H2,1-2H3,(H,29,30,31). The van der Waals surface area contributed by atoms with Crippen LogP contribution in [0.3, 0.4) is 0 Å². The van der Waals surface area contributed by atoms with Gasteiger partial charge in [0.05, 0.1) is 12.1 Å². The Balaban J connectivity index is 1.48. The van der Waals surface area contributed by atoms with E-state index in [9.17, 15) is 4.79 Å². The number of nitrogens with zero attached hydrogens (tertiary/aromatic N) is 1. The third-order valence-electron chi connectivity index (χ3n) is 5.29. The molecule has 1 N–H and O–H groups in total. The Morgan fingerprint density at radius 3 is 2.21 bits per heavy atom. The zero-order chi connectivity index (χ0) is 23.0. The van der Waals surface area contributed by atoms with Crippen LogP contribution in [0.25, 0.3) is 22.4 Å². The fraction of sp³-hybridized carbons (Fsp3) is 0.214. The monoisotopic (exact) mass is 472 g/mol. The summed E-state index contributed by atoms with van der Waals surface area (Å²) in [5.41, 5.74) is 5.44. The van der Waals surface area contributed by atoms with E-state index in [0.717, 1.165) is 35.4 Å². The number of rotatable bonds is 9. The summed E-state index contributed by atoms with van der Waals surface area (Å²) in [6.45, 7) is 4.31. The van der Waals surface area contributed by atoms with Crippen molar-refractivity contribution in [2.75, 3.05) is 11.1 Å². The highest BCUT2D eigenvalue weighted by Gasteiger charge is 2.15. The second-order valence-electron chi connectivity index (χ2n) is 7.79. The van der Waals surface area contributed by atoms with E-state index >= 15 is 0 Å². The number of benzene rings is 3. The summed E-state index contributed by atoms with van der Waals surface area (Å²) in [7, 11) is 0. The van der Waals surface area contributed by atoms with Crippen LogP contribution >= 0.6 is 23.1 Å². The normalized spacial score (nSPS) is 10.8. The maximum Gasteiger partial charge on any atom is 0.230 e. The first kappa shape index (κ1) is 23.3. The van der Waals surface area contributed by atoms with Crippen molar-refractivity contribution >= 4 is 34.1 Å². The molecule has 0 radical (unpaired) electrons. The molecule has 0 atom stereocenters. The van der Waals surface area contributed by atoms with Crippen LogP contribution in [-0.2, 0) is 17.6 Å². The van der Waals surface area contributed by atoms with Crippen molar-refractivity contribution < 1.29 is 4.79 Å². The van der Waals surface area contributed by atoms with Gasteiger partial charge in [-0.3, -0.25) is 4.79 Å². The van der Waals surface area contributed by atoms with Crippen LogP contribution in [0, 0.1) is 0 Å². The van der Waals surface area contributed by atoms with Crippen LogP contribution in [0.1, 0.15) is 30.7 Å². The number of thiazole rings is 1. The van der Waals surface area contributed by atoms with Gasteiger partial charge in [0.15, 0.2) is 5.13 Å². The van der Waals surface area contributed by atoms with Gasteiger partial charge < -0.3 is 5.32 Å². The molecule has 1 amide bonds. The number of hydrogen-bond donors (Lipinski definition) is 1. The minimum absolute atomic E-state index is 0.0336. The summed E-state index contributed by atoms with van der Waals surface area (Å²) >= 11 is 3.38. The molecule has 4 rings (SSSR count). The predicted molar refractivity (Wildman–Crippen MR) is 142 cm³/mol. The molecule has 0 aliphatic heterocycles. The maximum atomic E-state index is 12.7.